The highest BCUT2D eigenvalue weighted by atomic mass is 35.5. The van der Waals surface area contributed by atoms with E-state index in [1.807, 2.05) is 0 Å². The van der Waals surface area contributed by atoms with Crippen molar-refractivity contribution in [3.8, 4) is 0 Å². The van der Waals surface area contributed by atoms with E-state index in [4.69, 9.17) is 16.7 Å². The standard InChI is InChI=1S/C12H14ClNO4S/c1-12(18,11(16)17)7-14-10(15)6-19-9-5-3-2-4-8(9)13/h2-5,18H,6-7H2,1H3,(H,14,15)(H,16,17). The van der Waals surface area contributed by atoms with Gasteiger partial charge in [-0.15, -0.1) is 11.8 Å². The van der Waals surface area contributed by atoms with Crippen molar-refractivity contribution in [3.63, 3.8) is 0 Å². The number of aliphatic carboxylic acids is 1. The van der Waals surface area contributed by atoms with Gasteiger partial charge in [0.25, 0.3) is 0 Å². The van der Waals surface area contributed by atoms with Gasteiger partial charge in [0.2, 0.25) is 5.91 Å². The molecule has 5 nitrogen and oxygen atoms in total. The number of hydrogen-bond donors (Lipinski definition) is 3. The number of aliphatic hydroxyl groups is 1. The first kappa shape index (κ1) is 15.8. The molecule has 0 fully saturated rings. The summed E-state index contributed by atoms with van der Waals surface area (Å²) in [4.78, 5) is 22.9. The van der Waals surface area contributed by atoms with Crippen molar-refractivity contribution in [2.75, 3.05) is 12.3 Å². The number of thioether (sulfide) groups is 1. The van der Waals surface area contributed by atoms with Gasteiger partial charge in [-0.05, 0) is 19.1 Å². The van der Waals surface area contributed by atoms with E-state index in [1.165, 1.54) is 11.8 Å². The molecule has 0 aliphatic carbocycles. The first-order valence-corrected chi connectivity index (χ1v) is 6.79. The van der Waals surface area contributed by atoms with Crippen LogP contribution in [0.25, 0.3) is 0 Å². The Balaban J connectivity index is 2.41. The molecular weight excluding hydrogens is 290 g/mol. The molecule has 0 aliphatic heterocycles. The van der Waals surface area contributed by atoms with Crippen LogP contribution < -0.4 is 5.32 Å². The second-order valence-corrected chi connectivity index (χ2v) is 5.50. The van der Waals surface area contributed by atoms with Gasteiger partial charge in [0.05, 0.1) is 17.3 Å². The lowest BCUT2D eigenvalue weighted by atomic mass is 10.1. The second kappa shape index (κ2) is 6.79. The molecule has 0 bridgehead atoms. The van der Waals surface area contributed by atoms with Gasteiger partial charge in [0.1, 0.15) is 0 Å². The van der Waals surface area contributed by atoms with Crippen molar-refractivity contribution in [1.82, 2.24) is 5.32 Å². The molecule has 0 radical (unpaired) electrons. The highest BCUT2D eigenvalue weighted by molar-refractivity contribution is 8.00. The summed E-state index contributed by atoms with van der Waals surface area (Å²) >= 11 is 7.17. The SMILES string of the molecule is CC(O)(CNC(=O)CSc1ccccc1Cl)C(=O)O. The lowest BCUT2D eigenvalue weighted by molar-refractivity contribution is -0.156. The van der Waals surface area contributed by atoms with Gasteiger partial charge >= 0.3 is 5.97 Å². The molecule has 1 atom stereocenters. The number of carbonyl (C=O) groups excluding carboxylic acids is 1. The molecule has 1 unspecified atom stereocenters. The van der Waals surface area contributed by atoms with Crippen molar-refractivity contribution in [2.45, 2.75) is 17.4 Å². The number of carbonyl (C=O) groups is 2. The molecule has 104 valence electrons. The molecular formula is C12H14ClNO4S. The summed E-state index contributed by atoms with van der Waals surface area (Å²) in [5.41, 5.74) is -1.97. The average molecular weight is 304 g/mol. The average Bonchev–Trinajstić information content (AvgIpc) is 2.35. The van der Waals surface area contributed by atoms with Crippen LogP contribution >= 0.6 is 23.4 Å². The summed E-state index contributed by atoms with van der Waals surface area (Å²) in [6.07, 6.45) is 0. The molecule has 7 heteroatoms. The van der Waals surface area contributed by atoms with Crippen LogP contribution in [0, 0.1) is 0 Å². The van der Waals surface area contributed by atoms with Crippen LogP contribution in [0.15, 0.2) is 29.2 Å². The van der Waals surface area contributed by atoms with Crippen LogP contribution in [0.4, 0.5) is 0 Å². The number of hydrogen-bond acceptors (Lipinski definition) is 4. The molecule has 0 spiro atoms. The maximum atomic E-state index is 11.5. The summed E-state index contributed by atoms with van der Waals surface area (Å²) in [6, 6.07) is 7.10. The zero-order valence-corrected chi connectivity index (χ0v) is 11.8. The number of carboxylic acid groups (broad SMARTS) is 1. The van der Waals surface area contributed by atoms with Gasteiger partial charge in [-0.3, -0.25) is 4.79 Å². The maximum Gasteiger partial charge on any atom is 0.337 e. The molecule has 0 saturated carbocycles. The number of nitrogens with one attached hydrogen (secondary N) is 1. The number of carboxylic acids is 1. The third-order valence-corrected chi connectivity index (χ3v) is 3.80. The lowest BCUT2D eigenvalue weighted by Gasteiger charge is -2.18. The van der Waals surface area contributed by atoms with Crippen molar-refractivity contribution < 1.29 is 19.8 Å². The minimum atomic E-state index is -1.97. The number of rotatable bonds is 6. The highest BCUT2D eigenvalue weighted by Crippen LogP contribution is 2.26. The molecule has 1 aromatic rings. The first-order chi connectivity index (χ1) is 8.83. The van der Waals surface area contributed by atoms with Gasteiger partial charge in [-0.1, -0.05) is 23.7 Å². The highest BCUT2D eigenvalue weighted by Gasteiger charge is 2.30. The fourth-order valence-corrected chi connectivity index (χ4v) is 2.17. The monoisotopic (exact) mass is 303 g/mol. The Bertz CT molecular complexity index is 479. The molecule has 1 aromatic carbocycles. The second-order valence-electron chi connectivity index (χ2n) is 4.07. The predicted octanol–water partition coefficient (Wildman–Crippen LogP) is 1.38. The van der Waals surface area contributed by atoms with Gasteiger partial charge in [0.15, 0.2) is 5.60 Å². The smallest absolute Gasteiger partial charge is 0.337 e. The Morgan fingerprint density at radius 1 is 1.42 bits per heavy atom. The van der Waals surface area contributed by atoms with Crippen LogP contribution in [0.2, 0.25) is 5.02 Å². The zero-order valence-electron chi connectivity index (χ0n) is 10.2. The van der Waals surface area contributed by atoms with Crippen molar-refractivity contribution >= 4 is 35.2 Å². The topological polar surface area (TPSA) is 86.6 Å². The molecule has 0 heterocycles. The van der Waals surface area contributed by atoms with Crippen LogP contribution in [0.3, 0.4) is 0 Å². The van der Waals surface area contributed by atoms with Gasteiger partial charge in [-0.25, -0.2) is 4.79 Å². The van der Waals surface area contributed by atoms with Gasteiger partial charge in [-0.2, -0.15) is 0 Å². The van der Waals surface area contributed by atoms with Crippen LogP contribution in [0.5, 0.6) is 0 Å². The zero-order chi connectivity index (χ0) is 14.5. The van der Waals surface area contributed by atoms with E-state index in [2.05, 4.69) is 5.32 Å². The predicted molar refractivity (Wildman–Crippen MR) is 73.4 cm³/mol. The lowest BCUT2D eigenvalue weighted by Crippen LogP contribution is -2.46. The fourth-order valence-electron chi connectivity index (χ4n) is 1.10. The Kier molecular flexibility index (Phi) is 5.65. The summed E-state index contributed by atoms with van der Waals surface area (Å²) in [7, 11) is 0. The third-order valence-electron chi connectivity index (χ3n) is 2.29. The van der Waals surface area contributed by atoms with Crippen LogP contribution in [-0.4, -0.2) is 40.0 Å². The van der Waals surface area contributed by atoms with Crippen molar-refractivity contribution in [3.05, 3.63) is 29.3 Å². The fraction of sp³-hybridized carbons (Fsp3) is 0.333. The molecule has 0 saturated heterocycles. The van der Waals surface area contributed by atoms with E-state index in [0.29, 0.717) is 5.02 Å². The minimum absolute atomic E-state index is 0.0967. The molecule has 0 aromatic heterocycles. The Morgan fingerprint density at radius 2 is 2.05 bits per heavy atom. The van der Waals surface area contributed by atoms with E-state index in [9.17, 15) is 14.7 Å². The normalized spacial score (nSPS) is 13.6. The number of benzene rings is 1. The molecule has 19 heavy (non-hydrogen) atoms. The largest absolute Gasteiger partial charge is 0.479 e. The van der Waals surface area contributed by atoms with Gasteiger partial charge in [0, 0.05) is 4.90 Å². The summed E-state index contributed by atoms with van der Waals surface area (Å²) in [5, 5.41) is 21.0. The first-order valence-electron chi connectivity index (χ1n) is 5.43. The third kappa shape index (κ3) is 5.10. The quantitative estimate of drug-likeness (QED) is 0.691. The summed E-state index contributed by atoms with van der Waals surface area (Å²) < 4.78 is 0. The van der Waals surface area contributed by atoms with Crippen molar-refractivity contribution in [1.29, 1.82) is 0 Å². The van der Waals surface area contributed by atoms with E-state index >= 15 is 0 Å². The number of amides is 1. The van der Waals surface area contributed by atoms with E-state index < -0.39 is 11.6 Å². The van der Waals surface area contributed by atoms with E-state index in [0.717, 1.165) is 11.8 Å². The van der Waals surface area contributed by atoms with E-state index in [1.54, 1.807) is 24.3 Å². The molecule has 1 rings (SSSR count). The Labute approximate surface area is 120 Å². The maximum absolute atomic E-state index is 11.5. The number of halogens is 1. The Morgan fingerprint density at radius 3 is 2.63 bits per heavy atom. The molecule has 1 amide bonds. The van der Waals surface area contributed by atoms with Crippen LogP contribution in [0.1, 0.15) is 6.92 Å². The van der Waals surface area contributed by atoms with Gasteiger partial charge < -0.3 is 15.5 Å². The molecule has 3 N–H and O–H groups in total. The van der Waals surface area contributed by atoms with E-state index in [-0.39, 0.29) is 18.2 Å². The van der Waals surface area contributed by atoms with Crippen LogP contribution in [-0.2, 0) is 9.59 Å². The summed E-state index contributed by atoms with van der Waals surface area (Å²) in [5.74, 6) is -1.66. The minimum Gasteiger partial charge on any atom is -0.479 e. The van der Waals surface area contributed by atoms with Crippen molar-refractivity contribution in [2.24, 2.45) is 0 Å². The summed E-state index contributed by atoms with van der Waals surface area (Å²) in [6.45, 7) is 0.779. The Hall–Kier alpha value is -1.24. The molecule has 0 aliphatic rings.